The third-order valence-electron chi connectivity index (χ3n) is 17.6. The minimum Gasteiger partial charge on any atom is -0.389 e. The summed E-state index contributed by atoms with van der Waals surface area (Å²) in [5.74, 6) is 0.670. The van der Waals surface area contributed by atoms with Crippen molar-refractivity contribution in [2.24, 2.45) is 0 Å². The molecule has 8 aliphatic rings. The summed E-state index contributed by atoms with van der Waals surface area (Å²) in [6.45, 7) is 8.36. The number of aliphatic hydroxyl groups is 8. The Hall–Kier alpha value is -4.72. The van der Waals surface area contributed by atoms with Crippen LogP contribution >= 0.6 is 0 Å². The van der Waals surface area contributed by atoms with Gasteiger partial charge in [-0.1, -0.05) is 19.3 Å². The van der Waals surface area contributed by atoms with Crippen LogP contribution in [0.15, 0.2) is 0 Å². The maximum Gasteiger partial charge on any atom is 0.222 e. The maximum absolute atomic E-state index is 11.9. The van der Waals surface area contributed by atoms with E-state index in [4.69, 9.17) is 18.9 Å². The number of aliphatic hydroxyl groups excluding tert-OH is 8. The fraction of sp³-hybridized carbons (Fsp3) is 0.877. The Labute approximate surface area is 549 Å². The van der Waals surface area contributed by atoms with E-state index in [0.717, 1.165) is 109 Å². The van der Waals surface area contributed by atoms with Crippen LogP contribution in [0.5, 0.6) is 0 Å². The fourth-order valence-electron chi connectivity index (χ4n) is 12.5. The number of ether oxygens (including phenoxy) is 4. The van der Waals surface area contributed by atoms with Gasteiger partial charge in [-0.05, 0) is 89.9 Å². The molecule has 8 amide bonds. The molecular formula is C65H114N8O20. The number of carbonyl (C=O) groups excluding carboxylic acids is 8. The molecule has 534 valence electrons. The first-order chi connectivity index (χ1) is 44.7. The molecule has 8 unspecified atom stereocenters. The predicted octanol–water partition coefficient (Wildman–Crippen LogP) is -0.611. The van der Waals surface area contributed by atoms with E-state index >= 15 is 0 Å². The van der Waals surface area contributed by atoms with Gasteiger partial charge < -0.3 is 99.0 Å². The standard InChI is InChI=1S/C18H32N2O5.2C16H28N2O5.C15H26N2O5/c21-15(11-19-9-5-1-3-7-17(19)23)13-25-14-16(22)12-20-10-6-2-4-8-18(20)24;19-13(9-17-7-3-1-5-15(17)21)11-23-12-14(20)10-18-8-4-2-6-16(18)22;19-13(9-17-7-3-1-2-5-15(17)21)11-23-12-14(20)10-18-8-4-6-16(18)22;18-12(8-16-6-2-1-4-14(16)20)10-22-11-13(19)9-17-7-3-5-15(17)21/h15-16,21-22H,1-14H2;2*13-14,19-20H,1-12H2;12-13,18-19H,1-11H2. The van der Waals surface area contributed by atoms with Crippen molar-refractivity contribution in [2.45, 2.75) is 209 Å². The lowest BCUT2D eigenvalue weighted by Crippen LogP contribution is -2.43. The van der Waals surface area contributed by atoms with E-state index in [-0.39, 0.29) is 152 Å². The highest BCUT2D eigenvalue weighted by atomic mass is 16.5. The molecule has 28 heteroatoms. The van der Waals surface area contributed by atoms with Gasteiger partial charge in [-0.15, -0.1) is 0 Å². The molecule has 8 heterocycles. The lowest BCUT2D eigenvalue weighted by atomic mass is 10.1. The molecule has 8 aliphatic heterocycles. The van der Waals surface area contributed by atoms with E-state index < -0.39 is 48.8 Å². The Kier molecular flexibility index (Phi) is 38.1. The molecule has 0 aromatic heterocycles. The molecule has 93 heavy (non-hydrogen) atoms. The van der Waals surface area contributed by atoms with E-state index in [0.29, 0.717) is 104 Å². The van der Waals surface area contributed by atoms with Crippen molar-refractivity contribution in [1.29, 1.82) is 0 Å². The fourth-order valence-corrected chi connectivity index (χ4v) is 12.5. The second-order valence-corrected chi connectivity index (χ2v) is 26.1. The molecule has 8 atom stereocenters. The Morgan fingerprint density at radius 1 is 0.204 bits per heavy atom. The number of hydrogen-bond acceptors (Lipinski definition) is 20. The van der Waals surface area contributed by atoms with Crippen LogP contribution in [0.4, 0.5) is 0 Å². The Morgan fingerprint density at radius 3 is 0.484 bits per heavy atom. The maximum atomic E-state index is 11.9. The lowest BCUT2D eigenvalue weighted by Gasteiger charge is -2.29. The minimum absolute atomic E-state index is 0.0719. The van der Waals surface area contributed by atoms with Crippen LogP contribution in [0, 0.1) is 0 Å². The molecule has 0 aliphatic carbocycles. The average Bonchev–Trinajstić information content (AvgIpc) is 4.21. The zero-order chi connectivity index (χ0) is 67.3. The molecule has 0 bridgehead atoms. The van der Waals surface area contributed by atoms with Gasteiger partial charge in [0.05, 0.1) is 102 Å². The van der Waals surface area contributed by atoms with E-state index in [1.807, 2.05) is 0 Å². The SMILES string of the molecule is O=C1CCCCCN1CC(O)COCC(O)CN1CCCC1=O.O=C1CCCCCN1CC(O)COCC(O)CN1CCCCCC1=O.O=C1CCCCN1CC(O)COCC(O)CN1CCCC1=O.O=C1CCCCN1CC(O)COCC(O)CN1CCCCC1=O. The van der Waals surface area contributed by atoms with Crippen LogP contribution in [-0.4, -0.2) is 334 Å². The number of nitrogens with zero attached hydrogens (tertiary/aromatic N) is 8. The van der Waals surface area contributed by atoms with Gasteiger partial charge in [0, 0.05) is 156 Å². The van der Waals surface area contributed by atoms with Gasteiger partial charge in [0.15, 0.2) is 0 Å². The highest BCUT2D eigenvalue weighted by Crippen LogP contribution is 2.18. The van der Waals surface area contributed by atoms with Gasteiger partial charge in [-0.3, -0.25) is 38.4 Å². The summed E-state index contributed by atoms with van der Waals surface area (Å²) in [6.07, 6.45) is 14.6. The summed E-state index contributed by atoms with van der Waals surface area (Å²) in [6, 6.07) is 0. The topological polar surface area (TPSA) is 361 Å². The highest BCUT2D eigenvalue weighted by Gasteiger charge is 2.29. The summed E-state index contributed by atoms with van der Waals surface area (Å²) < 4.78 is 21.4. The van der Waals surface area contributed by atoms with Crippen LogP contribution in [0.1, 0.15) is 161 Å². The number of hydrogen-bond donors (Lipinski definition) is 8. The molecule has 0 saturated carbocycles. The number of β-amino-alcohol motifs (C(OH)–C–C–N with tert-alkyl or cyclic N) is 8. The summed E-state index contributed by atoms with van der Waals surface area (Å²) in [7, 11) is 0. The first kappa shape index (κ1) is 79.0. The Balaban J connectivity index is 0.000000225. The molecule has 0 aromatic carbocycles. The lowest BCUT2D eigenvalue weighted by molar-refractivity contribution is -0.136. The van der Waals surface area contributed by atoms with Crippen molar-refractivity contribution in [3.8, 4) is 0 Å². The van der Waals surface area contributed by atoms with Crippen molar-refractivity contribution in [1.82, 2.24) is 39.2 Å². The van der Waals surface area contributed by atoms with Crippen LogP contribution < -0.4 is 0 Å². The summed E-state index contributed by atoms with van der Waals surface area (Å²) in [5, 5.41) is 79.6. The molecule has 8 rings (SSSR count). The Morgan fingerprint density at radius 2 is 0.333 bits per heavy atom. The van der Waals surface area contributed by atoms with E-state index in [1.54, 1.807) is 39.2 Å². The van der Waals surface area contributed by atoms with Crippen molar-refractivity contribution >= 4 is 47.3 Å². The van der Waals surface area contributed by atoms with Crippen molar-refractivity contribution in [2.75, 3.05) is 158 Å². The molecule has 8 fully saturated rings. The molecule has 28 nitrogen and oxygen atoms in total. The quantitative estimate of drug-likeness (QED) is 0.0416. The van der Waals surface area contributed by atoms with Gasteiger partial charge >= 0.3 is 0 Å². The van der Waals surface area contributed by atoms with Crippen LogP contribution in [-0.2, 0) is 57.3 Å². The van der Waals surface area contributed by atoms with Crippen LogP contribution in [0.2, 0.25) is 0 Å². The monoisotopic (exact) mass is 1330 g/mol. The number of carbonyl (C=O) groups is 8. The van der Waals surface area contributed by atoms with Gasteiger partial charge in [-0.25, -0.2) is 0 Å². The zero-order valence-corrected chi connectivity index (χ0v) is 55.3. The number of piperidine rings is 3. The second-order valence-electron chi connectivity index (χ2n) is 26.1. The molecule has 0 aromatic rings. The predicted molar refractivity (Wildman–Crippen MR) is 339 cm³/mol. The number of amides is 8. The second kappa shape index (κ2) is 44.9. The normalized spacial score (nSPS) is 22.4. The number of rotatable bonds is 32. The van der Waals surface area contributed by atoms with Gasteiger partial charge in [0.25, 0.3) is 0 Å². The van der Waals surface area contributed by atoms with Crippen molar-refractivity contribution in [3.63, 3.8) is 0 Å². The first-order valence-corrected chi connectivity index (χ1v) is 34.7. The number of likely N-dealkylation sites (tertiary alicyclic amines) is 8. The first-order valence-electron chi connectivity index (χ1n) is 34.7. The van der Waals surface area contributed by atoms with Gasteiger partial charge in [0.2, 0.25) is 47.3 Å². The van der Waals surface area contributed by atoms with Crippen LogP contribution in [0.25, 0.3) is 0 Å². The minimum atomic E-state index is -0.755. The third kappa shape index (κ3) is 32.3. The van der Waals surface area contributed by atoms with E-state index in [2.05, 4.69) is 0 Å². The zero-order valence-electron chi connectivity index (χ0n) is 55.3. The third-order valence-corrected chi connectivity index (χ3v) is 17.6. The summed E-state index contributed by atoms with van der Waals surface area (Å²) in [4.78, 5) is 107. The van der Waals surface area contributed by atoms with E-state index in [9.17, 15) is 79.2 Å². The molecule has 0 spiro atoms. The van der Waals surface area contributed by atoms with E-state index in [1.165, 1.54) is 0 Å². The Bertz CT molecular complexity index is 2150. The summed E-state index contributed by atoms with van der Waals surface area (Å²) in [5.41, 5.74) is 0. The smallest absolute Gasteiger partial charge is 0.222 e. The molecular weight excluding hydrogens is 1210 g/mol. The molecule has 8 saturated heterocycles. The van der Waals surface area contributed by atoms with Gasteiger partial charge in [0.1, 0.15) is 0 Å². The van der Waals surface area contributed by atoms with Gasteiger partial charge in [-0.2, -0.15) is 0 Å². The van der Waals surface area contributed by atoms with Crippen molar-refractivity contribution in [3.05, 3.63) is 0 Å². The largest absolute Gasteiger partial charge is 0.389 e. The highest BCUT2D eigenvalue weighted by molar-refractivity contribution is 5.80. The average molecular weight is 1330 g/mol. The molecule has 8 N–H and O–H groups in total. The van der Waals surface area contributed by atoms with Crippen molar-refractivity contribution < 1.29 is 98.2 Å². The van der Waals surface area contributed by atoms with Crippen LogP contribution in [0.3, 0.4) is 0 Å². The molecule has 0 radical (unpaired) electrons. The summed E-state index contributed by atoms with van der Waals surface area (Å²) >= 11 is 0.